The van der Waals surface area contributed by atoms with Crippen LogP contribution in [0.2, 0.25) is 0 Å². The SMILES string of the molecule is CC[C@H](C)[C@H](NC(=O)[C@H](CC(C)C)NC(=O)[C@@H](N)CO)C(=O)NCC(=O)N[C@@H](CC(C)C)C(=O)O. The summed E-state index contributed by atoms with van der Waals surface area (Å²) >= 11 is 0. The molecule has 0 unspecified atom stereocenters. The van der Waals surface area contributed by atoms with Crippen molar-refractivity contribution in [2.24, 2.45) is 23.5 Å². The van der Waals surface area contributed by atoms with Crippen LogP contribution in [-0.4, -0.2) is 77.1 Å². The molecule has 0 saturated carbocycles. The first kappa shape index (κ1) is 32.3. The number of carbonyl (C=O) groups excluding carboxylic acids is 4. The zero-order valence-electron chi connectivity index (χ0n) is 21.6. The van der Waals surface area contributed by atoms with Gasteiger partial charge in [-0.15, -0.1) is 0 Å². The first-order valence-corrected chi connectivity index (χ1v) is 12.0. The molecule has 0 aromatic rings. The molecular weight excluding hydrogens is 458 g/mol. The van der Waals surface area contributed by atoms with Gasteiger partial charge in [-0.2, -0.15) is 0 Å². The van der Waals surface area contributed by atoms with E-state index in [9.17, 15) is 29.1 Å². The van der Waals surface area contributed by atoms with Gasteiger partial charge in [-0.1, -0.05) is 48.0 Å². The summed E-state index contributed by atoms with van der Waals surface area (Å²) in [6.07, 6.45) is 1.06. The molecule has 0 aliphatic heterocycles. The van der Waals surface area contributed by atoms with Crippen LogP contribution in [0.4, 0.5) is 0 Å². The molecule has 0 heterocycles. The van der Waals surface area contributed by atoms with Gasteiger partial charge in [-0.25, -0.2) is 4.79 Å². The first-order valence-electron chi connectivity index (χ1n) is 12.0. The topological polar surface area (TPSA) is 200 Å². The number of carbonyl (C=O) groups is 5. The molecule has 0 rings (SSSR count). The van der Waals surface area contributed by atoms with E-state index in [4.69, 9.17) is 10.8 Å². The lowest BCUT2D eigenvalue weighted by molar-refractivity contribution is -0.142. The van der Waals surface area contributed by atoms with E-state index < -0.39 is 66.9 Å². The fourth-order valence-corrected chi connectivity index (χ4v) is 3.24. The van der Waals surface area contributed by atoms with Crippen molar-refractivity contribution in [3.63, 3.8) is 0 Å². The second-order valence-corrected chi connectivity index (χ2v) is 9.66. The van der Waals surface area contributed by atoms with E-state index >= 15 is 0 Å². The number of nitrogens with one attached hydrogen (secondary N) is 4. The van der Waals surface area contributed by atoms with Crippen LogP contribution >= 0.6 is 0 Å². The minimum atomic E-state index is -1.19. The number of aliphatic carboxylic acids is 1. The molecule has 202 valence electrons. The van der Waals surface area contributed by atoms with E-state index in [1.165, 1.54) is 0 Å². The quantitative estimate of drug-likeness (QED) is 0.141. The van der Waals surface area contributed by atoms with Crippen molar-refractivity contribution in [2.45, 2.75) is 85.0 Å². The zero-order valence-corrected chi connectivity index (χ0v) is 21.6. The molecular formula is C23H43N5O7. The van der Waals surface area contributed by atoms with E-state index in [1.54, 1.807) is 6.92 Å². The van der Waals surface area contributed by atoms with Gasteiger partial charge in [-0.3, -0.25) is 19.2 Å². The summed E-state index contributed by atoms with van der Waals surface area (Å²) in [5.74, 6) is -3.95. The third kappa shape index (κ3) is 12.5. The molecule has 12 nitrogen and oxygen atoms in total. The Kier molecular flexibility index (Phi) is 14.8. The van der Waals surface area contributed by atoms with Gasteiger partial charge in [0, 0.05) is 0 Å². The molecule has 12 heteroatoms. The van der Waals surface area contributed by atoms with Crippen molar-refractivity contribution in [2.75, 3.05) is 13.2 Å². The van der Waals surface area contributed by atoms with Gasteiger partial charge in [0.2, 0.25) is 23.6 Å². The van der Waals surface area contributed by atoms with E-state index in [2.05, 4.69) is 21.3 Å². The van der Waals surface area contributed by atoms with Gasteiger partial charge in [-0.05, 0) is 30.6 Å². The number of aliphatic hydroxyl groups excluding tert-OH is 1. The lowest BCUT2D eigenvalue weighted by Gasteiger charge is -2.27. The molecule has 5 atom stereocenters. The minimum absolute atomic E-state index is 0.0315. The molecule has 0 saturated heterocycles. The molecule has 0 radical (unpaired) electrons. The number of carboxylic acids is 1. The van der Waals surface area contributed by atoms with E-state index in [0.717, 1.165) is 0 Å². The molecule has 0 bridgehead atoms. The second kappa shape index (κ2) is 16.0. The van der Waals surface area contributed by atoms with Crippen LogP contribution in [0.15, 0.2) is 0 Å². The van der Waals surface area contributed by atoms with Crippen molar-refractivity contribution in [3.05, 3.63) is 0 Å². The Morgan fingerprint density at radius 3 is 1.80 bits per heavy atom. The lowest BCUT2D eigenvalue weighted by Crippen LogP contribution is -2.58. The third-order valence-corrected chi connectivity index (χ3v) is 5.43. The zero-order chi connectivity index (χ0) is 27.3. The van der Waals surface area contributed by atoms with Crippen LogP contribution < -0.4 is 27.0 Å². The highest BCUT2D eigenvalue weighted by molar-refractivity contribution is 5.94. The predicted octanol–water partition coefficient (Wildman–Crippen LogP) is -0.900. The summed E-state index contributed by atoms with van der Waals surface area (Å²) in [4.78, 5) is 61.5. The fraction of sp³-hybridized carbons (Fsp3) is 0.783. The molecule has 0 aromatic carbocycles. The maximum atomic E-state index is 13.0. The number of rotatable bonds is 16. The monoisotopic (exact) mass is 501 g/mol. The van der Waals surface area contributed by atoms with Gasteiger partial charge in [0.25, 0.3) is 0 Å². The second-order valence-electron chi connectivity index (χ2n) is 9.66. The van der Waals surface area contributed by atoms with Gasteiger partial charge in [0.05, 0.1) is 13.2 Å². The van der Waals surface area contributed by atoms with E-state index in [1.807, 2.05) is 34.6 Å². The van der Waals surface area contributed by atoms with Gasteiger partial charge in [0.15, 0.2) is 0 Å². The van der Waals surface area contributed by atoms with Crippen LogP contribution in [0, 0.1) is 17.8 Å². The Labute approximate surface area is 207 Å². The number of aliphatic hydroxyl groups is 1. The molecule has 0 spiro atoms. The fourth-order valence-electron chi connectivity index (χ4n) is 3.24. The molecule has 35 heavy (non-hydrogen) atoms. The smallest absolute Gasteiger partial charge is 0.326 e. The summed E-state index contributed by atoms with van der Waals surface area (Å²) in [5.41, 5.74) is 5.53. The summed E-state index contributed by atoms with van der Waals surface area (Å²) in [5, 5.41) is 28.3. The van der Waals surface area contributed by atoms with Crippen molar-refractivity contribution in [3.8, 4) is 0 Å². The average molecular weight is 502 g/mol. The van der Waals surface area contributed by atoms with Crippen LogP contribution in [-0.2, 0) is 24.0 Å². The Hall–Kier alpha value is -2.73. The minimum Gasteiger partial charge on any atom is -0.480 e. The van der Waals surface area contributed by atoms with Gasteiger partial charge in [0.1, 0.15) is 24.2 Å². The van der Waals surface area contributed by atoms with Crippen molar-refractivity contribution < 1.29 is 34.2 Å². The highest BCUT2D eigenvalue weighted by Gasteiger charge is 2.31. The Morgan fingerprint density at radius 2 is 1.34 bits per heavy atom. The number of nitrogens with two attached hydrogens (primary N) is 1. The largest absolute Gasteiger partial charge is 0.480 e. The molecule has 0 fully saturated rings. The molecule has 4 amide bonds. The maximum Gasteiger partial charge on any atom is 0.326 e. The number of amides is 4. The van der Waals surface area contributed by atoms with Gasteiger partial charge < -0.3 is 37.2 Å². The van der Waals surface area contributed by atoms with Crippen LogP contribution in [0.25, 0.3) is 0 Å². The first-order chi connectivity index (χ1) is 16.2. The average Bonchev–Trinajstić information content (AvgIpc) is 2.77. The third-order valence-electron chi connectivity index (χ3n) is 5.43. The molecule has 8 N–H and O–H groups in total. The number of hydrogen-bond donors (Lipinski definition) is 7. The van der Waals surface area contributed by atoms with Crippen LogP contribution in [0.1, 0.15) is 60.8 Å². The Morgan fingerprint density at radius 1 is 0.800 bits per heavy atom. The lowest BCUT2D eigenvalue weighted by atomic mass is 9.96. The van der Waals surface area contributed by atoms with Gasteiger partial charge >= 0.3 is 5.97 Å². The van der Waals surface area contributed by atoms with Crippen LogP contribution in [0.5, 0.6) is 0 Å². The number of hydrogen-bond acceptors (Lipinski definition) is 7. The molecule has 0 aliphatic rings. The van der Waals surface area contributed by atoms with Crippen molar-refractivity contribution in [1.82, 2.24) is 21.3 Å². The standard InChI is InChI=1S/C23H43N5O7/c1-7-14(6)19(22(33)25-10-18(30)26-17(23(34)35)9-13(4)5)28-21(32)16(8-12(2)3)27-20(31)15(24)11-29/h12-17,19,29H,7-11,24H2,1-6H3,(H,25,33)(H,26,30)(H,27,31)(H,28,32)(H,34,35)/t14-,15-,16-,17-,19-/m0/s1. The Balaban J connectivity index is 5.31. The maximum absolute atomic E-state index is 13.0. The molecule has 0 aliphatic carbocycles. The summed E-state index contributed by atoms with van der Waals surface area (Å²) in [6, 6.07) is -4.23. The molecule has 0 aromatic heterocycles. The highest BCUT2D eigenvalue weighted by atomic mass is 16.4. The summed E-state index contributed by atoms with van der Waals surface area (Å²) in [6.45, 7) is 9.93. The summed E-state index contributed by atoms with van der Waals surface area (Å²) < 4.78 is 0. The van der Waals surface area contributed by atoms with Crippen LogP contribution in [0.3, 0.4) is 0 Å². The normalized spacial score (nSPS) is 15.5. The Bertz CT molecular complexity index is 729. The summed E-state index contributed by atoms with van der Waals surface area (Å²) in [7, 11) is 0. The van der Waals surface area contributed by atoms with E-state index in [-0.39, 0.29) is 30.6 Å². The predicted molar refractivity (Wildman–Crippen MR) is 130 cm³/mol. The van der Waals surface area contributed by atoms with Crippen molar-refractivity contribution in [1.29, 1.82) is 0 Å². The van der Waals surface area contributed by atoms with E-state index in [0.29, 0.717) is 6.42 Å². The number of carboxylic acid groups (broad SMARTS) is 1. The van der Waals surface area contributed by atoms with Crippen molar-refractivity contribution >= 4 is 29.6 Å². The highest BCUT2D eigenvalue weighted by Crippen LogP contribution is 2.11.